The average molecular weight is 130 g/mol. The van der Waals surface area contributed by atoms with Crippen LogP contribution in [0.1, 0.15) is 0 Å². The Kier molecular flexibility index (Phi) is 1.07. The minimum absolute atomic E-state index is 0.782. The van der Waals surface area contributed by atoms with Crippen molar-refractivity contribution in [3.05, 3.63) is 30.9 Å². The van der Waals surface area contributed by atoms with Crippen molar-refractivity contribution in [3.8, 4) is 0 Å². The summed E-state index contributed by atoms with van der Waals surface area (Å²) in [4.78, 5) is 11.8. The lowest BCUT2D eigenvalue weighted by Gasteiger charge is -1.89. The van der Waals surface area contributed by atoms with E-state index in [1.165, 1.54) is 0 Å². The predicted molar refractivity (Wildman–Crippen MR) is 36.2 cm³/mol. The molecule has 2 aromatic heterocycles. The van der Waals surface area contributed by atoms with Gasteiger partial charge in [-0.25, -0.2) is 4.98 Å². The second-order valence-corrected chi connectivity index (χ2v) is 1.86. The van der Waals surface area contributed by atoms with Gasteiger partial charge in [0.15, 0.2) is 0 Å². The molecular formula is C7H4N3. The van der Waals surface area contributed by atoms with Gasteiger partial charge in [0.1, 0.15) is 11.7 Å². The Morgan fingerprint density at radius 3 is 3.20 bits per heavy atom. The first-order chi connectivity index (χ1) is 4.97. The second kappa shape index (κ2) is 2.02. The summed E-state index contributed by atoms with van der Waals surface area (Å²) >= 11 is 0. The molecule has 0 amide bonds. The zero-order valence-corrected chi connectivity index (χ0v) is 5.15. The molecule has 0 spiro atoms. The van der Waals surface area contributed by atoms with Crippen LogP contribution in [0.3, 0.4) is 0 Å². The third-order valence-electron chi connectivity index (χ3n) is 1.22. The lowest BCUT2D eigenvalue weighted by molar-refractivity contribution is 1.24. The number of rotatable bonds is 0. The third-order valence-corrected chi connectivity index (χ3v) is 1.22. The van der Waals surface area contributed by atoms with Crippen LogP contribution in [0.2, 0.25) is 0 Å². The fraction of sp³-hybridized carbons (Fsp3) is 0. The number of hydrogen-bond acceptors (Lipinski definition) is 3. The first kappa shape index (κ1) is 5.29. The smallest absolute Gasteiger partial charge is 0.109 e. The molecule has 10 heavy (non-hydrogen) atoms. The lowest BCUT2D eigenvalue weighted by Crippen LogP contribution is -1.81. The largest absolute Gasteiger partial charge is 0.262 e. The summed E-state index contributed by atoms with van der Waals surface area (Å²) in [5, 5.41) is 0. The molecule has 0 aliphatic heterocycles. The molecule has 0 atom stereocenters. The van der Waals surface area contributed by atoms with Crippen LogP contribution in [0.4, 0.5) is 0 Å². The molecule has 47 valence electrons. The van der Waals surface area contributed by atoms with Gasteiger partial charge in [0.2, 0.25) is 0 Å². The number of nitrogens with zero attached hydrogens (tertiary/aromatic N) is 3. The normalized spacial score (nSPS) is 10.0. The Morgan fingerprint density at radius 2 is 2.30 bits per heavy atom. The van der Waals surface area contributed by atoms with Crippen molar-refractivity contribution in [2.75, 3.05) is 0 Å². The van der Waals surface area contributed by atoms with Crippen molar-refractivity contribution in [2.45, 2.75) is 0 Å². The predicted octanol–water partition coefficient (Wildman–Crippen LogP) is 0.825. The molecule has 0 aliphatic rings. The van der Waals surface area contributed by atoms with E-state index in [-0.39, 0.29) is 0 Å². The van der Waals surface area contributed by atoms with E-state index in [1.54, 1.807) is 18.6 Å². The Morgan fingerprint density at radius 1 is 1.30 bits per heavy atom. The number of aromatic nitrogens is 3. The van der Waals surface area contributed by atoms with Gasteiger partial charge in [0.05, 0.1) is 17.9 Å². The molecule has 0 saturated heterocycles. The molecule has 0 saturated carbocycles. The monoisotopic (exact) mass is 130 g/mol. The second-order valence-electron chi connectivity index (χ2n) is 1.86. The van der Waals surface area contributed by atoms with Crippen LogP contribution in [0, 0.1) is 6.20 Å². The van der Waals surface area contributed by atoms with Gasteiger partial charge in [-0.15, -0.1) is 0 Å². The summed E-state index contributed by atoms with van der Waals surface area (Å²) in [6.45, 7) is 0. The van der Waals surface area contributed by atoms with E-state index in [0.29, 0.717) is 0 Å². The number of fused-ring (bicyclic) bond motifs is 1. The highest BCUT2D eigenvalue weighted by atomic mass is 14.8. The maximum absolute atomic E-state index is 4.02. The molecule has 0 aromatic carbocycles. The molecule has 0 fully saturated rings. The van der Waals surface area contributed by atoms with E-state index in [0.717, 1.165) is 11.0 Å². The van der Waals surface area contributed by atoms with Crippen molar-refractivity contribution < 1.29 is 0 Å². The first-order valence-corrected chi connectivity index (χ1v) is 2.89. The molecule has 3 nitrogen and oxygen atoms in total. The molecular weight excluding hydrogens is 126 g/mol. The molecule has 3 heteroatoms. The minimum Gasteiger partial charge on any atom is -0.262 e. The molecule has 2 heterocycles. The van der Waals surface area contributed by atoms with Crippen LogP contribution in [0.25, 0.3) is 11.0 Å². The summed E-state index contributed by atoms with van der Waals surface area (Å²) in [6, 6.07) is 1.82. The molecule has 1 radical (unpaired) electrons. The maximum atomic E-state index is 4.02. The minimum atomic E-state index is 0.782. The number of pyridine rings is 1. The van der Waals surface area contributed by atoms with E-state index in [1.807, 2.05) is 6.07 Å². The Labute approximate surface area is 57.8 Å². The van der Waals surface area contributed by atoms with Gasteiger partial charge < -0.3 is 0 Å². The maximum Gasteiger partial charge on any atom is 0.109 e. The number of hydrogen-bond donors (Lipinski definition) is 0. The van der Waals surface area contributed by atoms with Crippen LogP contribution >= 0.6 is 0 Å². The molecule has 2 aromatic rings. The van der Waals surface area contributed by atoms with Crippen LogP contribution in [0.5, 0.6) is 0 Å². The summed E-state index contributed by atoms with van der Waals surface area (Å²) in [7, 11) is 0. The van der Waals surface area contributed by atoms with Gasteiger partial charge in [-0.1, -0.05) is 0 Å². The van der Waals surface area contributed by atoms with Gasteiger partial charge in [-0.2, -0.15) is 0 Å². The standard InChI is InChI=1S/C7H4N3/c1-2-8-5-7-6(1)9-3-4-10-7/h1-3,5H. The van der Waals surface area contributed by atoms with E-state index < -0.39 is 0 Å². The van der Waals surface area contributed by atoms with Gasteiger partial charge in [-0.05, 0) is 6.07 Å². The van der Waals surface area contributed by atoms with Gasteiger partial charge >= 0.3 is 0 Å². The highest BCUT2D eigenvalue weighted by Crippen LogP contribution is 2.01. The van der Waals surface area contributed by atoms with Gasteiger partial charge in [0, 0.05) is 6.20 Å². The molecule has 0 unspecified atom stereocenters. The van der Waals surface area contributed by atoms with Gasteiger partial charge in [0.25, 0.3) is 0 Å². The van der Waals surface area contributed by atoms with E-state index >= 15 is 0 Å². The highest BCUT2D eigenvalue weighted by Gasteiger charge is 1.89. The van der Waals surface area contributed by atoms with E-state index in [4.69, 9.17) is 0 Å². The van der Waals surface area contributed by atoms with Crippen molar-refractivity contribution in [2.24, 2.45) is 0 Å². The van der Waals surface area contributed by atoms with E-state index in [2.05, 4.69) is 21.1 Å². The fourth-order valence-corrected chi connectivity index (χ4v) is 0.771. The zero-order valence-electron chi connectivity index (χ0n) is 5.15. The molecule has 0 bridgehead atoms. The first-order valence-electron chi connectivity index (χ1n) is 2.89. The highest BCUT2D eigenvalue weighted by molar-refractivity contribution is 5.71. The Balaban J connectivity index is 2.89. The van der Waals surface area contributed by atoms with Crippen LogP contribution in [0.15, 0.2) is 24.7 Å². The summed E-state index contributed by atoms with van der Waals surface area (Å²) < 4.78 is 0. The summed E-state index contributed by atoms with van der Waals surface area (Å²) in [5.41, 5.74) is 1.64. The van der Waals surface area contributed by atoms with Crippen molar-refractivity contribution in [1.29, 1.82) is 0 Å². The Hall–Kier alpha value is -1.51. The van der Waals surface area contributed by atoms with Crippen LogP contribution in [-0.4, -0.2) is 15.0 Å². The van der Waals surface area contributed by atoms with Crippen molar-refractivity contribution in [1.82, 2.24) is 15.0 Å². The molecule has 0 N–H and O–H groups in total. The van der Waals surface area contributed by atoms with Crippen LogP contribution in [-0.2, 0) is 0 Å². The van der Waals surface area contributed by atoms with Crippen LogP contribution < -0.4 is 0 Å². The fourth-order valence-electron chi connectivity index (χ4n) is 0.771. The molecule has 0 aliphatic carbocycles. The summed E-state index contributed by atoms with van der Waals surface area (Å²) in [5.74, 6) is 0. The zero-order chi connectivity index (χ0) is 6.81. The quantitative estimate of drug-likeness (QED) is 0.530. The topological polar surface area (TPSA) is 38.7 Å². The SMILES string of the molecule is [c]1cnc2ccncc2n1. The average Bonchev–Trinajstić information content (AvgIpc) is 2.05. The molecule has 2 rings (SSSR count). The van der Waals surface area contributed by atoms with Crippen molar-refractivity contribution in [3.63, 3.8) is 0 Å². The summed E-state index contributed by atoms with van der Waals surface area (Å²) in [6.07, 6.45) is 7.54. The third kappa shape index (κ3) is 0.719. The Bertz CT molecular complexity index is 280. The van der Waals surface area contributed by atoms with Crippen molar-refractivity contribution >= 4 is 11.0 Å². The van der Waals surface area contributed by atoms with Gasteiger partial charge in [-0.3, -0.25) is 9.97 Å². The lowest BCUT2D eigenvalue weighted by atomic mass is 10.4. The van der Waals surface area contributed by atoms with E-state index in [9.17, 15) is 0 Å².